The Labute approximate surface area is 74.3 Å². The van der Waals surface area contributed by atoms with Gasteiger partial charge in [-0.1, -0.05) is 23.8 Å². The molecule has 0 saturated heterocycles. The molecular weight excluding hydrogens is 112 g/mol. The molecule has 0 aromatic carbocycles. The van der Waals surface area contributed by atoms with Crippen molar-refractivity contribution in [1.82, 2.24) is 0 Å². The molecule has 0 aliphatic heterocycles. The molecule has 0 heterocycles. The maximum atomic E-state index is 2.16. The molecule has 0 saturated carbocycles. The second-order valence-corrected chi connectivity index (χ2v) is 1.65. The summed E-state index contributed by atoms with van der Waals surface area (Å²) < 4.78 is 0. The van der Waals surface area contributed by atoms with Gasteiger partial charge in [-0.3, -0.25) is 0 Å². The van der Waals surface area contributed by atoms with Crippen LogP contribution in [-0.4, -0.2) is 37.7 Å². The van der Waals surface area contributed by atoms with Crippen molar-refractivity contribution in [3.63, 3.8) is 0 Å². The van der Waals surface area contributed by atoms with Gasteiger partial charge in [-0.15, -0.1) is 0 Å². The van der Waals surface area contributed by atoms with Crippen LogP contribution in [0.15, 0.2) is 23.8 Å². The van der Waals surface area contributed by atoms with E-state index in [9.17, 15) is 0 Å². The molecule has 1 aliphatic rings. The second kappa shape index (κ2) is 3.71. The van der Waals surface area contributed by atoms with Crippen LogP contribution in [-0.2, 0) is 0 Å². The van der Waals surface area contributed by atoms with Gasteiger partial charge in [0.05, 0.1) is 0 Å². The SMILES string of the molecule is CC1=CC=CC1.[CaH2]. The van der Waals surface area contributed by atoms with Crippen molar-refractivity contribution in [2.24, 2.45) is 0 Å². The Bertz CT molecular complexity index is 101. The molecule has 0 radical (unpaired) electrons. The van der Waals surface area contributed by atoms with E-state index in [0.29, 0.717) is 0 Å². The monoisotopic (exact) mass is 122 g/mol. The van der Waals surface area contributed by atoms with Gasteiger partial charge in [0.1, 0.15) is 0 Å². The van der Waals surface area contributed by atoms with Crippen LogP contribution in [0, 0.1) is 0 Å². The standard InChI is InChI=1S/C6H8.Ca.2H/c1-6-4-2-3-5-6;;;/h2-4H,5H2,1H3;;;. The van der Waals surface area contributed by atoms with Crippen LogP contribution >= 0.6 is 0 Å². The Morgan fingerprint density at radius 2 is 2.29 bits per heavy atom. The van der Waals surface area contributed by atoms with Crippen molar-refractivity contribution < 1.29 is 0 Å². The summed E-state index contributed by atoms with van der Waals surface area (Å²) in [5.41, 5.74) is 1.47. The van der Waals surface area contributed by atoms with Gasteiger partial charge >= 0.3 is 37.7 Å². The second-order valence-electron chi connectivity index (χ2n) is 1.65. The summed E-state index contributed by atoms with van der Waals surface area (Å²) in [5.74, 6) is 0. The minimum atomic E-state index is 0. The van der Waals surface area contributed by atoms with Gasteiger partial charge in [0.2, 0.25) is 0 Å². The molecule has 0 aromatic rings. The quantitative estimate of drug-likeness (QED) is 0.420. The molecule has 36 valence electrons. The molecule has 0 bridgehead atoms. The third kappa shape index (κ3) is 2.53. The van der Waals surface area contributed by atoms with E-state index in [1.807, 2.05) is 0 Å². The van der Waals surface area contributed by atoms with E-state index in [0.717, 1.165) is 0 Å². The fourth-order valence-electron chi connectivity index (χ4n) is 0.554. The van der Waals surface area contributed by atoms with E-state index in [4.69, 9.17) is 0 Å². The normalized spacial score (nSPS) is 15.9. The molecule has 0 amide bonds. The third-order valence-electron chi connectivity index (χ3n) is 0.957. The Balaban J connectivity index is 0.000000360. The van der Waals surface area contributed by atoms with Gasteiger partial charge < -0.3 is 0 Å². The van der Waals surface area contributed by atoms with E-state index in [2.05, 4.69) is 25.2 Å². The van der Waals surface area contributed by atoms with Crippen LogP contribution in [0.25, 0.3) is 0 Å². The van der Waals surface area contributed by atoms with E-state index >= 15 is 0 Å². The molecule has 7 heavy (non-hydrogen) atoms. The summed E-state index contributed by atoms with van der Waals surface area (Å²) in [6.45, 7) is 2.14. The Morgan fingerprint density at radius 3 is 2.43 bits per heavy atom. The number of allylic oxidation sites excluding steroid dienone is 4. The molecule has 1 heteroatoms. The molecular formula is C6H10Ca. The molecule has 0 nitrogen and oxygen atoms in total. The van der Waals surface area contributed by atoms with Crippen molar-refractivity contribution in [1.29, 1.82) is 0 Å². The Morgan fingerprint density at radius 1 is 1.57 bits per heavy atom. The van der Waals surface area contributed by atoms with Gasteiger partial charge in [0.15, 0.2) is 0 Å². The van der Waals surface area contributed by atoms with Crippen LogP contribution in [0.1, 0.15) is 13.3 Å². The summed E-state index contributed by atoms with van der Waals surface area (Å²) in [4.78, 5) is 0. The summed E-state index contributed by atoms with van der Waals surface area (Å²) in [5, 5.41) is 0. The molecule has 0 unspecified atom stereocenters. The average Bonchev–Trinajstić information content (AvgIpc) is 1.86. The molecule has 0 atom stereocenters. The first-order valence-corrected chi connectivity index (χ1v) is 2.22. The summed E-state index contributed by atoms with van der Waals surface area (Å²) in [6.07, 6.45) is 7.56. The molecule has 1 rings (SSSR count). The predicted octanol–water partition coefficient (Wildman–Crippen LogP) is 0.976. The first kappa shape index (κ1) is 7.74. The van der Waals surface area contributed by atoms with Crippen molar-refractivity contribution in [2.45, 2.75) is 13.3 Å². The maximum absolute atomic E-state index is 2.16. The number of hydrogen-bond acceptors (Lipinski definition) is 0. The number of hydrogen-bond donors (Lipinski definition) is 0. The average molecular weight is 122 g/mol. The van der Waals surface area contributed by atoms with Gasteiger partial charge in [-0.25, -0.2) is 0 Å². The fraction of sp³-hybridized carbons (Fsp3) is 0.333. The van der Waals surface area contributed by atoms with E-state index in [1.54, 1.807) is 0 Å². The van der Waals surface area contributed by atoms with Crippen LogP contribution < -0.4 is 0 Å². The van der Waals surface area contributed by atoms with Gasteiger partial charge in [-0.2, -0.15) is 0 Å². The van der Waals surface area contributed by atoms with Crippen molar-refractivity contribution in [2.75, 3.05) is 0 Å². The first-order chi connectivity index (χ1) is 2.89. The fourth-order valence-corrected chi connectivity index (χ4v) is 0.554. The zero-order valence-corrected chi connectivity index (χ0v) is 3.94. The Kier molecular flexibility index (Phi) is 4.10. The van der Waals surface area contributed by atoms with Gasteiger partial charge in [-0.05, 0) is 13.3 Å². The summed E-state index contributed by atoms with van der Waals surface area (Å²) in [7, 11) is 0. The van der Waals surface area contributed by atoms with Crippen LogP contribution in [0.3, 0.4) is 0 Å². The minimum absolute atomic E-state index is 0. The van der Waals surface area contributed by atoms with Crippen LogP contribution in [0.4, 0.5) is 0 Å². The first-order valence-electron chi connectivity index (χ1n) is 2.22. The van der Waals surface area contributed by atoms with E-state index in [-0.39, 0.29) is 37.7 Å². The molecule has 0 fully saturated rings. The third-order valence-corrected chi connectivity index (χ3v) is 0.957. The van der Waals surface area contributed by atoms with E-state index in [1.165, 1.54) is 12.0 Å². The predicted molar refractivity (Wildman–Crippen MR) is 36.1 cm³/mol. The van der Waals surface area contributed by atoms with Gasteiger partial charge in [0, 0.05) is 0 Å². The van der Waals surface area contributed by atoms with Crippen molar-refractivity contribution in [3.8, 4) is 0 Å². The summed E-state index contributed by atoms with van der Waals surface area (Å²) in [6, 6.07) is 0. The summed E-state index contributed by atoms with van der Waals surface area (Å²) >= 11 is 0. The zero-order valence-electron chi connectivity index (χ0n) is 3.94. The van der Waals surface area contributed by atoms with Crippen LogP contribution in [0.5, 0.6) is 0 Å². The molecule has 0 N–H and O–H groups in total. The topological polar surface area (TPSA) is 0 Å². The van der Waals surface area contributed by atoms with Crippen LogP contribution in [0.2, 0.25) is 0 Å². The molecule has 1 aliphatic carbocycles. The van der Waals surface area contributed by atoms with E-state index < -0.39 is 0 Å². The molecule has 0 aromatic heterocycles. The van der Waals surface area contributed by atoms with Gasteiger partial charge in [0.25, 0.3) is 0 Å². The zero-order chi connectivity index (χ0) is 4.41. The van der Waals surface area contributed by atoms with Crippen molar-refractivity contribution >= 4 is 37.7 Å². The molecule has 0 spiro atoms. The van der Waals surface area contributed by atoms with Crippen molar-refractivity contribution in [3.05, 3.63) is 23.8 Å². The Hall–Kier alpha value is 0.740. The number of rotatable bonds is 0.